The van der Waals surface area contributed by atoms with Crippen molar-refractivity contribution in [1.82, 2.24) is 19.9 Å². The highest BCUT2D eigenvalue weighted by molar-refractivity contribution is 7.90. The Morgan fingerprint density at radius 2 is 2.18 bits per heavy atom. The molecule has 0 aliphatic heterocycles. The Balaban J connectivity index is 2.56. The third-order valence-corrected chi connectivity index (χ3v) is 2.66. The third kappa shape index (κ3) is 5.00. The first-order chi connectivity index (χ1) is 7.93. The van der Waals surface area contributed by atoms with E-state index in [0.717, 1.165) is 0 Å². The van der Waals surface area contributed by atoms with E-state index in [4.69, 9.17) is 4.74 Å². The molecule has 98 valence electrons. The molecular weight excluding hydrogens is 246 g/mol. The molecule has 1 aromatic heterocycles. The van der Waals surface area contributed by atoms with Crippen molar-refractivity contribution in [2.24, 2.45) is 5.92 Å². The predicted octanol–water partition coefficient (Wildman–Crippen LogP) is 0.106. The van der Waals surface area contributed by atoms with Crippen molar-refractivity contribution in [2.75, 3.05) is 17.9 Å². The molecule has 0 saturated carbocycles. The van der Waals surface area contributed by atoms with Gasteiger partial charge in [-0.2, -0.15) is 18.1 Å². The number of nitrogens with zero attached hydrogens (tertiary/aromatic N) is 2. The molecule has 17 heavy (non-hydrogen) atoms. The summed E-state index contributed by atoms with van der Waals surface area (Å²) in [6, 6.07) is 0.106. The van der Waals surface area contributed by atoms with E-state index in [1.165, 1.54) is 0 Å². The number of H-pyrrole nitrogens is 1. The van der Waals surface area contributed by atoms with Gasteiger partial charge in [0.15, 0.2) is 0 Å². The largest absolute Gasteiger partial charge is 0.463 e. The van der Waals surface area contributed by atoms with Gasteiger partial charge in [-0.3, -0.25) is 0 Å². The first kappa shape index (κ1) is 13.7. The number of hydrogen-bond donors (Lipinski definition) is 3. The smallest absolute Gasteiger partial charge is 0.337 e. The lowest BCUT2D eigenvalue weighted by Gasteiger charge is -2.08. The molecule has 1 heterocycles. The fourth-order valence-corrected chi connectivity index (χ4v) is 1.90. The molecular formula is C8H17N5O3S. The molecule has 0 radical (unpaired) electrons. The van der Waals surface area contributed by atoms with Gasteiger partial charge in [-0.15, -0.1) is 5.10 Å². The summed E-state index contributed by atoms with van der Waals surface area (Å²) in [5, 5.41) is 6.09. The first-order valence-corrected chi connectivity index (χ1v) is 6.74. The zero-order chi connectivity index (χ0) is 12.9. The van der Waals surface area contributed by atoms with E-state index in [1.54, 1.807) is 6.92 Å². The van der Waals surface area contributed by atoms with Crippen LogP contribution in [0.1, 0.15) is 20.8 Å². The average molecular weight is 263 g/mol. The van der Waals surface area contributed by atoms with Crippen LogP contribution in [0, 0.1) is 5.92 Å². The van der Waals surface area contributed by atoms with E-state index < -0.39 is 10.2 Å². The second-order valence-corrected chi connectivity index (χ2v) is 5.25. The number of anilines is 1. The van der Waals surface area contributed by atoms with Crippen LogP contribution in [-0.2, 0) is 10.2 Å². The van der Waals surface area contributed by atoms with Gasteiger partial charge in [0.1, 0.15) is 0 Å². The molecule has 0 spiro atoms. The Labute approximate surface area is 100 Å². The summed E-state index contributed by atoms with van der Waals surface area (Å²) < 4.78 is 32.6. The first-order valence-electron chi connectivity index (χ1n) is 5.25. The Morgan fingerprint density at radius 1 is 1.47 bits per heavy atom. The molecule has 1 rings (SSSR count). The number of nitrogens with one attached hydrogen (secondary N) is 3. The van der Waals surface area contributed by atoms with Gasteiger partial charge in [-0.1, -0.05) is 13.8 Å². The number of aromatic nitrogens is 3. The van der Waals surface area contributed by atoms with Gasteiger partial charge in [0.05, 0.1) is 6.61 Å². The van der Waals surface area contributed by atoms with Crippen LogP contribution in [-0.4, -0.2) is 36.8 Å². The minimum absolute atomic E-state index is 0.0182. The molecule has 0 aromatic carbocycles. The van der Waals surface area contributed by atoms with Crippen LogP contribution in [0.25, 0.3) is 0 Å². The van der Waals surface area contributed by atoms with E-state index in [-0.39, 0.29) is 17.9 Å². The molecule has 0 amide bonds. The van der Waals surface area contributed by atoms with Crippen molar-refractivity contribution in [3.63, 3.8) is 0 Å². The zero-order valence-corrected chi connectivity index (χ0v) is 10.8. The van der Waals surface area contributed by atoms with E-state index >= 15 is 0 Å². The average Bonchev–Trinajstić information content (AvgIpc) is 2.63. The Hall–Kier alpha value is -1.35. The van der Waals surface area contributed by atoms with Crippen LogP contribution in [0.15, 0.2) is 0 Å². The molecule has 0 fully saturated rings. The Kier molecular flexibility index (Phi) is 4.70. The number of rotatable bonds is 7. The van der Waals surface area contributed by atoms with Gasteiger partial charge in [0, 0.05) is 6.54 Å². The highest BCUT2D eigenvalue weighted by Gasteiger charge is 2.13. The van der Waals surface area contributed by atoms with Crippen LogP contribution < -0.4 is 14.2 Å². The van der Waals surface area contributed by atoms with Crippen LogP contribution in [0.2, 0.25) is 0 Å². The normalized spacial score (nSPS) is 11.8. The predicted molar refractivity (Wildman–Crippen MR) is 62.9 cm³/mol. The minimum Gasteiger partial charge on any atom is -0.463 e. The number of aromatic amines is 1. The molecule has 3 N–H and O–H groups in total. The van der Waals surface area contributed by atoms with Crippen LogP contribution in [0.3, 0.4) is 0 Å². The van der Waals surface area contributed by atoms with Crippen molar-refractivity contribution < 1.29 is 13.2 Å². The summed E-state index contributed by atoms with van der Waals surface area (Å²) in [6.45, 7) is 6.36. The van der Waals surface area contributed by atoms with Gasteiger partial charge in [0.2, 0.25) is 5.95 Å². The summed E-state index contributed by atoms with van der Waals surface area (Å²) in [6.07, 6.45) is 0. The highest BCUT2D eigenvalue weighted by atomic mass is 32.2. The number of hydrogen-bond acceptors (Lipinski definition) is 5. The molecule has 9 heteroatoms. The third-order valence-electron chi connectivity index (χ3n) is 1.65. The minimum atomic E-state index is -3.62. The van der Waals surface area contributed by atoms with E-state index in [0.29, 0.717) is 13.2 Å². The maximum atomic E-state index is 11.5. The van der Waals surface area contributed by atoms with Gasteiger partial charge in [-0.05, 0) is 12.8 Å². The fraction of sp³-hybridized carbons (Fsp3) is 0.750. The SMILES string of the molecule is CCOc1n[nH]c(NS(=O)(=O)NCC(C)C)n1. The molecule has 0 aliphatic carbocycles. The van der Waals surface area contributed by atoms with Gasteiger partial charge < -0.3 is 4.74 Å². The molecule has 0 saturated heterocycles. The van der Waals surface area contributed by atoms with Crippen LogP contribution in [0.5, 0.6) is 6.01 Å². The second-order valence-electron chi connectivity index (χ2n) is 3.75. The second kappa shape index (κ2) is 5.82. The van der Waals surface area contributed by atoms with E-state index in [9.17, 15) is 8.42 Å². The van der Waals surface area contributed by atoms with Crippen molar-refractivity contribution in [3.05, 3.63) is 0 Å². The highest BCUT2D eigenvalue weighted by Crippen LogP contribution is 2.06. The Morgan fingerprint density at radius 3 is 2.76 bits per heavy atom. The van der Waals surface area contributed by atoms with Gasteiger partial charge >= 0.3 is 16.2 Å². The summed E-state index contributed by atoms with van der Waals surface area (Å²) in [5.74, 6) is 0.241. The maximum absolute atomic E-state index is 11.5. The van der Waals surface area contributed by atoms with Crippen molar-refractivity contribution in [1.29, 1.82) is 0 Å². The van der Waals surface area contributed by atoms with E-state index in [2.05, 4.69) is 24.6 Å². The monoisotopic (exact) mass is 263 g/mol. The fourth-order valence-electron chi connectivity index (χ4n) is 0.925. The topological polar surface area (TPSA) is 109 Å². The molecule has 0 atom stereocenters. The molecule has 0 aliphatic rings. The van der Waals surface area contributed by atoms with Gasteiger partial charge in [-0.25, -0.2) is 9.82 Å². The number of ether oxygens (including phenoxy) is 1. The lowest BCUT2D eigenvalue weighted by molar-refractivity contribution is 0.314. The van der Waals surface area contributed by atoms with E-state index in [1.807, 2.05) is 13.8 Å². The van der Waals surface area contributed by atoms with Crippen molar-refractivity contribution in [2.45, 2.75) is 20.8 Å². The van der Waals surface area contributed by atoms with Gasteiger partial charge in [0.25, 0.3) is 0 Å². The van der Waals surface area contributed by atoms with Crippen molar-refractivity contribution in [3.8, 4) is 6.01 Å². The summed E-state index contributed by atoms with van der Waals surface area (Å²) in [5.41, 5.74) is 0. The molecule has 0 unspecified atom stereocenters. The lowest BCUT2D eigenvalue weighted by Crippen LogP contribution is -2.33. The van der Waals surface area contributed by atoms with Crippen molar-refractivity contribution >= 4 is 16.2 Å². The molecule has 0 bridgehead atoms. The standard InChI is InChI=1S/C8H17N5O3S/c1-4-16-8-10-7(11-12-8)13-17(14,15)9-5-6(2)3/h6,9H,4-5H2,1-3H3,(H2,10,11,12,13). The summed E-state index contributed by atoms with van der Waals surface area (Å²) in [4.78, 5) is 3.79. The Bertz CT molecular complexity index is 442. The maximum Gasteiger partial charge on any atom is 0.337 e. The van der Waals surface area contributed by atoms with Crippen LogP contribution >= 0.6 is 0 Å². The quantitative estimate of drug-likeness (QED) is 0.646. The van der Waals surface area contributed by atoms with Crippen LogP contribution in [0.4, 0.5) is 5.95 Å². The summed E-state index contributed by atoms with van der Waals surface area (Å²) >= 11 is 0. The lowest BCUT2D eigenvalue weighted by atomic mass is 10.2. The zero-order valence-electron chi connectivity index (χ0n) is 10.0. The molecule has 1 aromatic rings. The molecule has 8 nitrogen and oxygen atoms in total. The summed E-state index contributed by atoms with van der Waals surface area (Å²) in [7, 11) is -3.62.